The smallest absolute Gasteiger partial charge is 0.272 e. The fourth-order valence-corrected chi connectivity index (χ4v) is 2.03. The van der Waals surface area contributed by atoms with Crippen molar-refractivity contribution in [3.8, 4) is 11.6 Å². The van der Waals surface area contributed by atoms with Gasteiger partial charge in [-0.05, 0) is 25.5 Å². The van der Waals surface area contributed by atoms with Gasteiger partial charge in [0.1, 0.15) is 5.75 Å². The Balaban J connectivity index is 2.38. The van der Waals surface area contributed by atoms with Crippen LogP contribution in [0.2, 0.25) is 5.15 Å². The van der Waals surface area contributed by atoms with Crippen molar-refractivity contribution in [1.82, 2.24) is 8.75 Å². The van der Waals surface area contributed by atoms with Crippen LogP contribution < -0.4 is 4.74 Å². The van der Waals surface area contributed by atoms with Crippen LogP contribution in [0.25, 0.3) is 0 Å². The first-order valence-electron chi connectivity index (χ1n) is 4.90. The van der Waals surface area contributed by atoms with Crippen molar-refractivity contribution >= 4 is 29.0 Å². The van der Waals surface area contributed by atoms with Gasteiger partial charge in [-0.3, -0.25) is 10.1 Å². The molecule has 94 valence electrons. The van der Waals surface area contributed by atoms with Gasteiger partial charge in [-0.25, -0.2) is 0 Å². The highest BCUT2D eigenvalue weighted by Gasteiger charge is 2.16. The van der Waals surface area contributed by atoms with Crippen molar-refractivity contribution in [2.45, 2.75) is 13.8 Å². The van der Waals surface area contributed by atoms with Gasteiger partial charge in [-0.1, -0.05) is 11.6 Å². The quantitative estimate of drug-likeness (QED) is 0.637. The number of benzene rings is 1. The van der Waals surface area contributed by atoms with E-state index in [2.05, 4.69) is 8.75 Å². The Hall–Kier alpha value is -1.73. The lowest BCUT2D eigenvalue weighted by Gasteiger charge is -2.07. The number of hydrogen-bond acceptors (Lipinski definition) is 6. The van der Waals surface area contributed by atoms with Crippen LogP contribution in [0, 0.1) is 24.0 Å². The second-order valence-corrected chi connectivity index (χ2v) is 4.51. The van der Waals surface area contributed by atoms with Crippen molar-refractivity contribution in [1.29, 1.82) is 0 Å². The molecule has 0 aliphatic heterocycles. The summed E-state index contributed by atoms with van der Waals surface area (Å²) in [6.07, 6.45) is 0. The summed E-state index contributed by atoms with van der Waals surface area (Å²) in [6, 6.07) is 3.04. The minimum Gasteiger partial charge on any atom is -0.435 e. The number of nitrogens with zero attached hydrogens (tertiary/aromatic N) is 3. The Labute approximate surface area is 112 Å². The van der Waals surface area contributed by atoms with Crippen LogP contribution >= 0.6 is 23.3 Å². The molecule has 0 atom stereocenters. The van der Waals surface area contributed by atoms with Gasteiger partial charge in [-0.2, -0.15) is 4.37 Å². The highest BCUT2D eigenvalue weighted by Crippen LogP contribution is 2.32. The lowest BCUT2D eigenvalue weighted by atomic mass is 10.1. The Morgan fingerprint density at radius 1 is 1.33 bits per heavy atom. The van der Waals surface area contributed by atoms with Crippen molar-refractivity contribution in [2.24, 2.45) is 0 Å². The van der Waals surface area contributed by atoms with Crippen LogP contribution in [-0.4, -0.2) is 13.7 Å². The molecule has 0 saturated carbocycles. The van der Waals surface area contributed by atoms with E-state index in [1.807, 2.05) is 0 Å². The molecule has 6 nitrogen and oxygen atoms in total. The van der Waals surface area contributed by atoms with Crippen LogP contribution in [0.5, 0.6) is 11.6 Å². The number of ether oxygens (including phenoxy) is 1. The molecule has 1 aromatic heterocycles. The molecule has 0 aliphatic rings. The van der Waals surface area contributed by atoms with E-state index in [1.54, 1.807) is 19.9 Å². The average molecular weight is 286 g/mol. The zero-order chi connectivity index (χ0) is 13.3. The molecular formula is C10H8ClN3O3S. The van der Waals surface area contributed by atoms with E-state index in [9.17, 15) is 10.1 Å². The van der Waals surface area contributed by atoms with E-state index in [4.69, 9.17) is 16.3 Å². The predicted molar refractivity (Wildman–Crippen MR) is 67.6 cm³/mol. The van der Waals surface area contributed by atoms with Crippen molar-refractivity contribution in [2.75, 3.05) is 0 Å². The van der Waals surface area contributed by atoms with E-state index in [0.717, 1.165) is 11.7 Å². The zero-order valence-electron chi connectivity index (χ0n) is 9.51. The third-order valence-corrected chi connectivity index (χ3v) is 3.18. The SMILES string of the molecule is Cc1cc([N+](=O)[O-])c(C)cc1Oc1nsnc1Cl. The molecular weight excluding hydrogens is 278 g/mol. The molecule has 2 aromatic rings. The summed E-state index contributed by atoms with van der Waals surface area (Å²) in [5.41, 5.74) is 1.21. The van der Waals surface area contributed by atoms with Gasteiger partial charge in [0.2, 0.25) is 5.15 Å². The molecule has 0 fully saturated rings. The molecule has 18 heavy (non-hydrogen) atoms. The molecule has 1 heterocycles. The molecule has 0 saturated heterocycles. The molecule has 2 rings (SSSR count). The van der Waals surface area contributed by atoms with Gasteiger partial charge < -0.3 is 4.74 Å². The predicted octanol–water partition coefficient (Wildman–Crippen LogP) is 3.51. The Bertz CT molecular complexity index is 614. The topological polar surface area (TPSA) is 78.2 Å². The van der Waals surface area contributed by atoms with E-state index in [-0.39, 0.29) is 16.7 Å². The standard InChI is InChI=1S/C10H8ClN3O3S/c1-5-4-8(6(2)3-7(5)14(15)16)17-10-9(11)12-18-13-10/h3-4H,1-2H3. The third-order valence-electron chi connectivity index (χ3n) is 2.32. The number of aryl methyl sites for hydroxylation is 2. The molecule has 0 amide bonds. The van der Waals surface area contributed by atoms with Gasteiger partial charge in [0.15, 0.2) is 0 Å². The first kappa shape index (κ1) is 12.7. The van der Waals surface area contributed by atoms with E-state index in [0.29, 0.717) is 16.9 Å². The highest BCUT2D eigenvalue weighted by molar-refractivity contribution is 6.99. The molecule has 0 bridgehead atoms. The number of nitro benzene ring substituents is 1. The fraction of sp³-hybridized carbons (Fsp3) is 0.200. The zero-order valence-corrected chi connectivity index (χ0v) is 11.1. The van der Waals surface area contributed by atoms with Crippen LogP contribution in [-0.2, 0) is 0 Å². The minimum absolute atomic E-state index is 0.0577. The molecule has 1 aromatic carbocycles. The summed E-state index contributed by atoms with van der Waals surface area (Å²) in [5, 5.41) is 11.0. The summed E-state index contributed by atoms with van der Waals surface area (Å²) in [5.74, 6) is 0.686. The number of hydrogen-bond donors (Lipinski definition) is 0. The number of aromatic nitrogens is 2. The Morgan fingerprint density at radius 2 is 2.06 bits per heavy atom. The highest BCUT2D eigenvalue weighted by atomic mass is 35.5. The number of rotatable bonds is 3. The normalized spacial score (nSPS) is 10.4. The van der Waals surface area contributed by atoms with Crippen LogP contribution in [0.4, 0.5) is 5.69 Å². The van der Waals surface area contributed by atoms with Gasteiger partial charge >= 0.3 is 0 Å². The summed E-state index contributed by atoms with van der Waals surface area (Å²) in [7, 11) is 0. The van der Waals surface area contributed by atoms with Crippen molar-refractivity contribution in [3.05, 3.63) is 38.5 Å². The number of halogens is 1. The van der Waals surface area contributed by atoms with Gasteiger partial charge in [-0.15, -0.1) is 4.37 Å². The first-order chi connectivity index (χ1) is 8.49. The van der Waals surface area contributed by atoms with Crippen LogP contribution in [0.3, 0.4) is 0 Å². The van der Waals surface area contributed by atoms with E-state index in [1.165, 1.54) is 6.07 Å². The minimum atomic E-state index is -0.427. The summed E-state index contributed by atoms with van der Waals surface area (Å²) >= 11 is 6.71. The maximum absolute atomic E-state index is 10.8. The monoisotopic (exact) mass is 285 g/mol. The van der Waals surface area contributed by atoms with Gasteiger partial charge in [0, 0.05) is 11.6 Å². The summed E-state index contributed by atoms with van der Waals surface area (Å²) < 4.78 is 13.1. The van der Waals surface area contributed by atoms with Crippen molar-refractivity contribution in [3.63, 3.8) is 0 Å². The lowest BCUT2D eigenvalue weighted by Crippen LogP contribution is -1.95. The third kappa shape index (κ3) is 2.41. The molecule has 0 aliphatic carbocycles. The average Bonchev–Trinajstić information content (AvgIpc) is 2.69. The summed E-state index contributed by atoms with van der Waals surface area (Å²) in [6.45, 7) is 3.36. The Morgan fingerprint density at radius 3 is 2.61 bits per heavy atom. The van der Waals surface area contributed by atoms with Gasteiger partial charge in [0.25, 0.3) is 11.6 Å². The van der Waals surface area contributed by atoms with Crippen LogP contribution in [0.15, 0.2) is 12.1 Å². The Kier molecular flexibility index (Phi) is 3.44. The molecule has 8 heteroatoms. The maximum Gasteiger partial charge on any atom is 0.272 e. The second-order valence-electron chi connectivity index (χ2n) is 3.62. The molecule has 0 unspecified atom stereocenters. The fourth-order valence-electron chi connectivity index (χ4n) is 1.42. The molecule has 0 N–H and O–H groups in total. The van der Waals surface area contributed by atoms with Gasteiger partial charge in [0.05, 0.1) is 16.7 Å². The largest absolute Gasteiger partial charge is 0.435 e. The van der Waals surface area contributed by atoms with E-state index >= 15 is 0 Å². The first-order valence-corrected chi connectivity index (χ1v) is 6.01. The van der Waals surface area contributed by atoms with Crippen LogP contribution in [0.1, 0.15) is 11.1 Å². The maximum atomic E-state index is 10.8. The van der Waals surface area contributed by atoms with E-state index < -0.39 is 4.92 Å². The second kappa shape index (κ2) is 4.87. The summed E-state index contributed by atoms with van der Waals surface area (Å²) in [4.78, 5) is 10.4. The van der Waals surface area contributed by atoms with Crippen molar-refractivity contribution < 1.29 is 9.66 Å². The number of nitro groups is 1. The lowest BCUT2D eigenvalue weighted by molar-refractivity contribution is -0.385. The molecule has 0 spiro atoms. The molecule has 0 radical (unpaired) electrons.